The van der Waals surface area contributed by atoms with E-state index in [0.717, 1.165) is 5.56 Å². The van der Waals surface area contributed by atoms with Crippen molar-refractivity contribution in [2.45, 2.75) is 6.92 Å². The number of carbonyl (C=O) groups is 1. The molecule has 0 bridgehead atoms. The summed E-state index contributed by atoms with van der Waals surface area (Å²) in [6.45, 7) is 1.90. The minimum absolute atomic E-state index is 0.0991. The van der Waals surface area contributed by atoms with E-state index < -0.39 is 0 Å². The zero-order chi connectivity index (χ0) is 14.1. The summed E-state index contributed by atoms with van der Waals surface area (Å²) in [4.78, 5) is 21.1. The minimum atomic E-state index is -0.0991. The highest BCUT2D eigenvalue weighted by atomic mass is 35.5. The first-order chi connectivity index (χ1) is 9.66. The first-order valence-corrected chi connectivity index (χ1v) is 6.55. The van der Waals surface area contributed by atoms with Crippen LogP contribution in [0.5, 0.6) is 0 Å². The van der Waals surface area contributed by atoms with Gasteiger partial charge in [0.1, 0.15) is 0 Å². The SMILES string of the molecule is Cc1ccc(C(=O)c2cccc3nccnc23)cc1Cl. The molecular weight excluding hydrogens is 272 g/mol. The van der Waals surface area contributed by atoms with Crippen molar-refractivity contribution in [3.63, 3.8) is 0 Å². The predicted molar refractivity (Wildman–Crippen MR) is 79.2 cm³/mol. The van der Waals surface area contributed by atoms with Crippen LogP contribution >= 0.6 is 11.6 Å². The van der Waals surface area contributed by atoms with Gasteiger partial charge < -0.3 is 0 Å². The van der Waals surface area contributed by atoms with Crippen LogP contribution in [-0.4, -0.2) is 15.8 Å². The maximum absolute atomic E-state index is 12.6. The molecule has 0 saturated carbocycles. The van der Waals surface area contributed by atoms with Crippen LogP contribution in [0.3, 0.4) is 0 Å². The lowest BCUT2D eigenvalue weighted by Gasteiger charge is -2.06. The number of carbonyl (C=O) groups excluding carboxylic acids is 1. The van der Waals surface area contributed by atoms with Crippen molar-refractivity contribution in [2.24, 2.45) is 0 Å². The Kier molecular flexibility index (Phi) is 3.20. The Labute approximate surface area is 121 Å². The molecule has 0 spiro atoms. The third-order valence-corrected chi connectivity index (χ3v) is 3.58. The summed E-state index contributed by atoms with van der Waals surface area (Å²) in [5, 5.41) is 0.585. The summed E-state index contributed by atoms with van der Waals surface area (Å²) in [5.41, 5.74) is 3.35. The van der Waals surface area contributed by atoms with Gasteiger partial charge in [-0.3, -0.25) is 14.8 Å². The van der Waals surface area contributed by atoms with Gasteiger partial charge in [-0.2, -0.15) is 0 Å². The molecule has 0 N–H and O–H groups in total. The maximum Gasteiger partial charge on any atom is 0.195 e. The predicted octanol–water partition coefficient (Wildman–Crippen LogP) is 3.82. The van der Waals surface area contributed by atoms with Gasteiger partial charge in [-0.15, -0.1) is 0 Å². The number of benzene rings is 2. The molecule has 0 unspecified atom stereocenters. The summed E-state index contributed by atoms with van der Waals surface area (Å²) < 4.78 is 0. The molecule has 1 aromatic heterocycles. The van der Waals surface area contributed by atoms with Crippen molar-refractivity contribution in [1.82, 2.24) is 9.97 Å². The second kappa shape index (κ2) is 5.02. The highest BCUT2D eigenvalue weighted by Crippen LogP contribution is 2.22. The molecule has 0 fully saturated rings. The lowest BCUT2D eigenvalue weighted by molar-refractivity contribution is 0.104. The largest absolute Gasteiger partial charge is 0.289 e. The van der Waals surface area contributed by atoms with Crippen LogP contribution < -0.4 is 0 Å². The molecule has 0 aliphatic rings. The zero-order valence-corrected chi connectivity index (χ0v) is 11.6. The molecule has 1 heterocycles. The molecule has 0 atom stereocenters. The monoisotopic (exact) mass is 282 g/mol. The number of rotatable bonds is 2. The van der Waals surface area contributed by atoms with E-state index in [9.17, 15) is 4.79 Å². The third kappa shape index (κ3) is 2.17. The minimum Gasteiger partial charge on any atom is -0.289 e. The van der Waals surface area contributed by atoms with Crippen molar-refractivity contribution in [2.75, 3.05) is 0 Å². The van der Waals surface area contributed by atoms with Crippen LogP contribution in [0.15, 0.2) is 48.8 Å². The van der Waals surface area contributed by atoms with E-state index in [-0.39, 0.29) is 5.78 Å². The Morgan fingerprint density at radius 2 is 1.90 bits per heavy atom. The van der Waals surface area contributed by atoms with Gasteiger partial charge >= 0.3 is 0 Å². The number of aryl methyl sites for hydroxylation is 1. The topological polar surface area (TPSA) is 42.9 Å². The van der Waals surface area contributed by atoms with E-state index in [1.54, 1.807) is 36.7 Å². The first kappa shape index (κ1) is 12.8. The van der Waals surface area contributed by atoms with E-state index >= 15 is 0 Å². The van der Waals surface area contributed by atoms with Gasteiger partial charge in [0.05, 0.1) is 16.6 Å². The Bertz CT molecular complexity index is 809. The number of hydrogen-bond acceptors (Lipinski definition) is 3. The van der Waals surface area contributed by atoms with Crippen molar-refractivity contribution in [3.05, 3.63) is 70.5 Å². The molecule has 0 radical (unpaired) electrons. The van der Waals surface area contributed by atoms with E-state index in [2.05, 4.69) is 9.97 Å². The fourth-order valence-corrected chi connectivity index (χ4v) is 2.25. The molecule has 3 nitrogen and oxygen atoms in total. The second-order valence-corrected chi connectivity index (χ2v) is 4.93. The highest BCUT2D eigenvalue weighted by molar-refractivity contribution is 6.32. The third-order valence-electron chi connectivity index (χ3n) is 3.18. The van der Waals surface area contributed by atoms with Gasteiger partial charge in [-0.1, -0.05) is 29.8 Å². The number of hydrogen-bond donors (Lipinski definition) is 0. The molecule has 98 valence electrons. The van der Waals surface area contributed by atoms with E-state index in [1.165, 1.54) is 0 Å². The van der Waals surface area contributed by atoms with Gasteiger partial charge in [-0.25, -0.2) is 0 Å². The molecule has 0 amide bonds. The summed E-state index contributed by atoms with van der Waals surface area (Å²) in [7, 11) is 0. The van der Waals surface area contributed by atoms with Crippen molar-refractivity contribution < 1.29 is 4.79 Å². The van der Waals surface area contributed by atoms with Crippen LogP contribution in [0.25, 0.3) is 11.0 Å². The second-order valence-electron chi connectivity index (χ2n) is 4.52. The van der Waals surface area contributed by atoms with Crippen LogP contribution in [0.1, 0.15) is 21.5 Å². The number of ketones is 1. The summed E-state index contributed by atoms with van der Waals surface area (Å²) in [6, 6.07) is 10.7. The average Bonchev–Trinajstić information content (AvgIpc) is 2.49. The van der Waals surface area contributed by atoms with Crippen molar-refractivity contribution >= 4 is 28.4 Å². The number of fused-ring (bicyclic) bond motifs is 1. The Morgan fingerprint density at radius 1 is 1.10 bits per heavy atom. The van der Waals surface area contributed by atoms with Crippen LogP contribution in [0.4, 0.5) is 0 Å². The number of para-hydroxylation sites is 1. The molecule has 20 heavy (non-hydrogen) atoms. The summed E-state index contributed by atoms with van der Waals surface area (Å²) in [5.74, 6) is -0.0991. The van der Waals surface area contributed by atoms with Gasteiger partial charge in [0.15, 0.2) is 5.78 Å². The molecule has 0 aliphatic heterocycles. The standard InChI is InChI=1S/C16H11ClN2O/c1-10-5-6-11(9-13(10)17)16(20)12-3-2-4-14-15(12)19-8-7-18-14/h2-9H,1H3. The maximum atomic E-state index is 12.6. The molecule has 3 aromatic rings. The Hall–Kier alpha value is -2.26. The van der Waals surface area contributed by atoms with Gasteiger partial charge in [-0.05, 0) is 30.7 Å². The van der Waals surface area contributed by atoms with Crippen LogP contribution in [0, 0.1) is 6.92 Å². The zero-order valence-electron chi connectivity index (χ0n) is 10.8. The quantitative estimate of drug-likeness (QED) is 0.671. The summed E-state index contributed by atoms with van der Waals surface area (Å²) >= 11 is 6.08. The van der Waals surface area contributed by atoms with E-state index in [4.69, 9.17) is 11.6 Å². The molecule has 4 heteroatoms. The molecule has 0 saturated heterocycles. The Morgan fingerprint density at radius 3 is 2.70 bits per heavy atom. The smallest absolute Gasteiger partial charge is 0.195 e. The number of aromatic nitrogens is 2. The molecular formula is C16H11ClN2O. The number of halogens is 1. The lowest BCUT2D eigenvalue weighted by atomic mass is 10.0. The van der Waals surface area contributed by atoms with E-state index in [1.807, 2.05) is 19.1 Å². The van der Waals surface area contributed by atoms with Crippen molar-refractivity contribution in [3.8, 4) is 0 Å². The molecule has 0 aliphatic carbocycles. The van der Waals surface area contributed by atoms with Crippen LogP contribution in [0.2, 0.25) is 5.02 Å². The van der Waals surface area contributed by atoms with Crippen molar-refractivity contribution in [1.29, 1.82) is 0 Å². The first-order valence-electron chi connectivity index (χ1n) is 6.17. The Balaban J connectivity index is 2.15. The van der Waals surface area contributed by atoms with Gasteiger partial charge in [0.25, 0.3) is 0 Å². The van der Waals surface area contributed by atoms with E-state index in [0.29, 0.717) is 27.2 Å². The normalized spacial score (nSPS) is 10.7. The fourth-order valence-electron chi connectivity index (χ4n) is 2.07. The lowest BCUT2D eigenvalue weighted by Crippen LogP contribution is -2.03. The average molecular weight is 283 g/mol. The molecule has 2 aromatic carbocycles. The number of nitrogens with zero attached hydrogens (tertiary/aromatic N) is 2. The van der Waals surface area contributed by atoms with Gasteiger partial charge in [0, 0.05) is 23.0 Å². The highest BCUT2D eigenvalue weighted by Gasteiger charge is 2.14. The summed E-state index contributed by atoms with van der Waals surface area (Å²) in [6.07, 6.45) is 3.20. The van der Waals surface area contributed by atoms with Gasteiger partial charge in [0.2, 0.25) is 0 Å². The molecule has 3 rings (SSSR count). The fraction of sp³-hybridized carbons (Fsp3) is 0.0625. The van der Waals surface area contributed by atoms with Crippen LogP contribution in [-0.2, 0) is 0 Å².